The van der Waals surface area contributed by atoms with E-state index in [9.17, 15) is 19.5 Å². The number of aromatic amines is 2. The number of halogens is 1. The van der Waals surface area contributed by atoms with Gasteiger partial charge in [-0.15, -0.1) is 0 Å². The topological polar surface area (TPSA) is 142 Å². The Morgan fingerprint density at radius 3 is 1.61 bits per heavy atom. The molecule has 3 N–H and O–H groups in total. The van der Waals surface area contributed by atoms with Gasteiger partial charge in [0.05, 0.1) is 35.9 Å². The molecule has 6 aromatic rings. The summed E-state index contributed by atoms with van der Waals surface area (Å²) in [5.41, 5.74) is 7.30. The molecule has 0 bridgehead atoms. The molecular weight excluding hydrogens is 764 g/mol. The van der Waals surface area contributed by atoms with Crippen LogP contribution >= 0.6 is 11.6 Å². The van der Waals surface area contributed by atoms with Crippen LogP contribution in [0.15, 0.2) is 116 Å². The lowest BCUT2D eigenvalue weighted by Crippen LogP contribution is -2.43. The molecule has 59 heavy (non-hydrogen) atoms. The number of rotatable bonds is 11. The van der Waals surface area contributed by atoms with Crippen LogP contribution in [0.25, 0.3) is 33.6 Å². The molecule has 4 heterocycles. The molecule has 4 atom stereocenters. The number of hydrogen-bond donors (Lipinski definition) is 3. The minimum absolute atomic E-state index is 0.0356. The molecule has 13 heteroatoms. The number of nitrogens with one attached hydrogen (secondary N) is 2. The van der Waals surface area contributed by atoms with Crippen molar-refractivity contribution in [1.29, 1.82) is 0 Å². The number of carbonyl (C=O) groups is 3. The first kappa shape index (κ1) is 39.6. The summed E-state index contributed by atoms with van der Waals surface area (Å²) in [5, 5.41) is 10.4. The highest BCUT2D eigenvalue weighted by Gasteiger charge is 2.40. The molecule has 302 valence electrons. The highest BCUT2D eigenvalue weighted by atomic mass is 35.5. The van der Waals surface area contributed by atoms with Gasteiger partial charge in [0.25, 0.3) is 5.91 Å². The molecule has 0 saturated carbocycles. The number of likely N-dealkylation sites (N-methyl/N-ethyl adjacent to an activating group) is 2. The first-order valence-corrected chi connectivity index (χ1v) is 20.3. The molecule has 1 unspecified atom stereocenters. The average Bonchev–Trinajstić information content (AvgIpc) is 4.09. The molecular formula is C46H47ClN8O4. The Hall–Kier alpha value is -6.24. The number of nitrogens with zero attached hydrogens (tertiary/aromatic N) is 6. The van der Waals surface area contributed by atoms with Crippen molar-refractivity contribution in [2.75, 3.05) is 34.2 Å². The van der Waals surface area contributed by atoms with E-state index in [1.807, 2.05) is 72.6 Å². The number of hydrogen-bond acceptors (Lipinski definition) is 6. The van der Waals surface area contributed by atoms with Gasteiger partial charge in [0.15, 0.2) is 0 Å². The minimum atomic E-state index is -1.17. The molecule has 2 aliphatic rings. The number of H-pyrrole nitrogens is 2. The van der Waals surface area contributed by atoms with E-state index in [4.69, 9.17) is 21.6 Å². The van der Waals surface area contributed by atoms with E-state index < -0.39 is 18.2 Å². The smallest absolute Gasteiger partial charge is 0.407 e. The fourth-order valence-corrected chi connectivity index (χ4v) is 8.75. The van der Waals surface area contributed by atoms with Gasteiger partial charge < -0.3 is 24.9 Å². The lowest BCUT2D eigenvalue weighted by atomic mass is 10.0. The first-order chi connectivity index (χ1) is 28.6. The van der Waals surface area contributed by atoms with Gasteiger partial charge in [-0.2, -0.15) is 0 Å². The zero-order valence-corrected chi connectivity index (χ0v) is 34.0. The summed E-state index contributed by atoms with van der Waals surface area (Å²) in [4.78, 5) is 63.1. The highest BCUT2D eigenvalue weighted by molar-refractivity contribution is 6.30. The Morgan fingerprint density at radius 2 is 1.14 bits per heavy atom. The summed E-state index contributed by atoms with van der Waals surface area (Å²) in [5.74, 6) is 1.24. The second-order valence-corrected chi connectivity index (χ2v) is 16.0. The van der Waals surface area contributed by atoms with E-state index in [-0.39, 0.29) is 23.9 Å². The number of carbonyl (C=O) groups excluding carboxylic acids is 2. The van der Waals surface area contributed by atoms with Crippen LogP contribution in [0.5, 0.6) is 0 Å². The zero-order valence-electron chi connectivity index (χ0n) is 33.3. The molecule has 4 aromatic carbocycles. The largest absolute Gasteiger partial charge is 0.465 e. The van der Waals surface area contributed by atoms with Crippen LogP contribution in [-0.2, 0) is 9.59 Å². The molecule has 0 spiro atoms. The summed E-state index contributed by atoms with van der Waals surface area (Å²) in [7, 11) is 5.26. The van der Waals surface area contributed by atoms with E-state index in [0.717, 1.165) is 75.6 Å². The van der Waals surface area contributed by atoms with Gasteiger partial charge in [-0.05, 0) is 85.3 Å². The van der Waals surface area contributed by atoms with Crippen molar-refractivity contribution in [3.05, 3.63) is 143 Å². The van der Waals surface area contributed by atoms with Crippen LogP contribution in [0.3, 0.4) is 0 Å². The number of amides is 3. The average molecular weight is 811 g/mol. The lowest BCUT2D eigenvalue weighted by Gasteiger charge is -2.32. The van der Waals surface area contributed by atoms with Crippen molar-refractivity contribution < 1.29 is 19.5 Å². The van der Waals surface area contributed by atoms with Crippen molar-refractivity contribution in [3.63, 3.8) is 0 Å². The third kappa shape index (κ3) is 8.10. The number of aromatic nitrogens is 4. The van der Waals surface area contributed by atoms with Crippen LogP contribution in [-0.4, -0.2) is 96.8 Å². The van der Waals surface area contributed by atoms with E-state index in [0.29, 0.717) is 29.5 Å². The number of likely N-dealkylation sites (tertiary alicyclic amines) is 2. The molecule has 12 nitrogen and oxygen atoms in total. The highest BCUT2D eigenvalue weighted by Crippen LogP contribution is 2.37. The van der Waals surface area contributed by atoms with E-state index in [2.05, 4.69) is 58.5 Å². The Kier molecular flexibility index (Phi) is 11.4. The van der Waals surface area contributed by atoms with Crippen molar-refractivity contribution in [2.45, 2.75) is 49.9 Å². The number of benzene rings is 4. The predicted octanol–water partition coefficient (Wildman–Crippen LogP) is 8.77. The number of imidazole rings is 2. The SMILES string of the molecule is CN(C)C(C(=O)N1CCC[C@H]1c1ncc(-c2ccc(-c3ccc(-c4cnc([C@@H]5CCCN5C(=O)[C@@H](c5ccccc5)N(C)C(=O)O)[nH]4)cc3)cc2)[nH]1)c1cccc(Cl)c1. The fraction of sp³-hybridized carbons (Fsp3) is 0.283. The third-order valence-electron chi connectivity index (χ3n) is 11.6. The molecule has 2 aliphatic heterocycles. The van der Waals surface area contributed by atoms with Gasteiger partial charge in [0.2, 0.25) is 5.91 Å². The molecule has 8 rings (SSSR count). The van der Waals surface area contributed by atoms with Crippen molar-refractivity contribution in [3.8, 4) is 33.6 Å². The van der Waals surface area contributed by atoms with Gasteiger partial charge in [0.1, 0.15) is 23.7 Å². The molecule has 2 saturated heterocycles. The predicted molar refractivity (Wildman–Crippen MR) is 227 cm³/mol. The van der Waals surface area contributed by atoms with E-state index in [1.54, 1.807) is 23.2 Å². The van der Waals surface area contributed by atoms with Gasteiger partial charge >= 0.3 is 6.09 Å². The Balaban J connectivity index is 0.935. The maximum atomic E-state index is 14.0. The summed E-state index contributed by atoms with van der Waals surface area (Å²) < 4.78 is 0. The maximum absolute atomic E-state index is 14.0. The summed E-state index contributed by atoms with van der Waals surface area (Å²) >= 11 is 6.30. The standard InChI is InChI=1S/C46H47ClN8O4/c1-52(2)40(34-12-7-13-35(47)26-34)44(56)54-24-8-14-38(54)42-48-27-36(50-42)31-20-16-29(17-21-31)30-18-22-32(23-19-30)37-28-49-43(51-37)39-15-9-25-55(39)45(57)41(53(3)46(58)59)33-10-5-4-6-11-33/h4-7,10-13,16-23,26-28,38-41H,8-9,14-15,24-25H2,1-3H3,(H,48,50)(H,49,51)(H,58,59)/t38-,39-,40?,41+/m0/s1. The van der Waals surface area contributed by atoms with Crippen molar-refractivity contribution in [2.24, 2.45) is 0 Å². The van der Waals surface area contributed by atoms with Crippen LogP contribution in [0, 0.1) is 0 Å². The second kappa shape index (κ2) is 16.9. The number of carboxylic acid groups (broad SMARTS) is 1. The van der Waals surface area contributed by atoms with Crippen LogP contribution in [0.1, 0.15) is 72.6 Å². The molecule has 3 amide bonds. The minimum Gasteiger partial charge on any atom is -0.465 e. The van der Waals surface area contributed by atoms with Gasteiger partial charge in [-0.25, -0.2) is 14.8 Å². The summed E-state index contributed by atoms with van der Waals surface area (Å²) in [6.45, 7) is 1.19. The maximum Gasteiger partial charge on any atom is 0.407 e. The molecule has 2 fully saturated rings. The first-order valence-electron chi connectivity index (χ1n) is 19.9. The Bertz CT molecular complexity index is 2430. The van der Waals surface area contributed by atoms with Crippen LogP contribution < -0.4 is 0 Å². The van der Waals surface area contributed by atoms with E-state index >= 15 is 0 Å². The van der Waals surface area contributed by atoms with Gasteiger partial charge in [0, 0.05) is 25.2 Å². The van der Waals surface area contributed by atoms with Crippen LogP contribution in [0.4, 0.5) is 4.79 Å². The lowest BCUT2D eigenvalue weighted by molar-refractivity contribution is -0.138. The Morgan fingerprint density at radius 1 is 0.661 bits per heavy atom. The fourth-order valence-electron chi connectivity index (χ4n) is 8.55. The van der Waals surface area contributed by atoms with E-state index in [1.165, 1.54) is 7.05 Å². The van der Waals surface area contributed by atoms with Gasteiger partial charge in [-0.3, -0.25) is 19.4 Å². The van der Waals surface area contributed by atoms with Crippen molar-refractivity contribution in [1.82, 2.24) is 39.5 Å². The third-order valence-corrected chi connectivity index (χ3v) is 11.8. The second-order valence-electron chi connectivity index (χ2n) is 15.5. The summed E-state index contributed by atoms with van der Waals surface area (Å²) in [6, 6.07) is 31.3. The summed E-state index contributed by atoms with van der Waals surface area (Å²) in [6.07, 6.45) is 5.73. The molecule has 0 radical (unpaired) electrons. The normalized spacial score (nSPS) is 17.6. The molecule has 0 aliphatic carbocycles. The van der Waals surface area contributed by atoms with Crippen molar-refractivity contribution >= 4 is 29.5 Å². The zero-order chi connectivity index (χ0) is 41.2. The van der Waals surface area contributed by atoms with Gasteiger partial charge in [-0.1, -0.05) is 103 Å². The quantitative estimate of drug-likeness (QED) is 0.119. The monoisotopic (exact) mass is 810 g/mol. The van der Waals surface area contributed by atoms with Crippen LogP contribution in [0.2, 0.25) is 5.02 Å². The molecule has 2 aromatic heterocycles. The Labute approximate surface area is 348 Å².